The summed E-state index contributed by atoms with van der Waals surface area (Å²) in [6, 6.07) is 14.4. The van der Waals surface area contributed by atoms with Gasteiger partial charge in [-0.3, -0.25) is 9.59 Å². The number of carbonyl (C=O) groups is 1. The second kappa shape index (κ2) is 8.74. The topological polar surface area (TPSA) is 84.8 Å². The number of hydrogen-bond acceptors (Lipinski definition) is 5. The Bertz CT molecular complexity index is 1420. The first-order valence-corrected chi connectivity index (χ1v) is 11.3. The van der Waals surface area contributed by atoms with Crippen molar-refractivity contribution >= 4 is 16.8 Å². The lowest BCUT2D eigenvalue weighted by atomic mass is 9.87. The standard InChI is InChI=1S/C27H26N2O5/c1-4-16-7-8-21-18(12-16)13-20(26(30)28-21)25-19-15-24(33-3)23(32-2)14-17(19)9-10-29(25)27(31)22-6-5-11-34-22/h5-8,11-15,25H,4,9-10H2,1-3H3,(H,28,30). The highest BCUT2D eigenvalue weighted by molar-refractivity contribution is 5.92. The van der Waals surface area contributed by atoms with E-state index in [1.165, 1.54) is 11.8 Å². The molecule has 0 radical (unpaired) electrons. The molecule has 1 unspecified atom stereocenters. The molecule has 3 heterocycles. The van der Waals surface area contributed by atoms with Crippen LogP contribution < -0.4 is 15.0 Å². The number of ether oxygens (including phenoxy) is 2. The summed E-state index contributed by atoms with van der Waals surface area (Å²) in [6.45, 7) is 2.52. The van der Waals surface area contributed by atoms with Crippen molar-refractivity contribution in [3.8, 4) is 11.5 Å². The van der Waals surface area contributed by atoms with E-state index in [0.29, 0.717) is 30.0 Å². The van der Waals surface area contributed by atoms with E-state index in [0.717, 1.165) is 28.5 Å². The average molecular weight is 459 g/mol. The lowest BCUT2D eigenvalue weighted by molar-refractivity contribution is 0.0660. The summed E-state index contributed by atoms with van der Waals surface area (Å²) in [5.41, 5.74) is 4.03. The Morgan fingerprint density at radius 2 is 1.88 bits per heavy atom. The van der Waals surface area contributed by atoms with Crippen LogP contribution in [-0.4, -0.2) is 36.6 Å². The molecule has 0 spiro atoms. The van der Waals surface area contributed by atoms with Crippen molar-refractivity contribution in [1.82, 2.24) is 9.88 Å². The molecule has 34 heavy (non-hydrogen) atoms. The van der Waals surface area contributed by atoms with Crippen LogP contribution in [0.15, 0.2) is 64.0 Å². The number of aromatic nitrogens is 1. The number of aryl methyl sites for hydroxylation is 1. The second-order valence-corrected chi connectivity index (χ2v) is 8.36. The molecule has 1 aliphatic heterocycles. The van der Waals surface area contributed by atoms with Gasteiger partial charge in [0.05, 0.1) is 26.5 Å². The summed E-state index contributed by atoms with van der Waals surface area (Å²) < 4.78 is 16.5. The van der Waals surface area contributed by atoms with Crippen LogP contribution in [0.4, 0.5) is 0 Å². The van der Waals surface area contributed by atoms with Crippen molar-refractivity contribution < 1.29 is 18.7 Å². The number of nitrogens with one attached hydrogen (secondary N) is 1. The number of methoxy groups -OCH3 is 2. The van der Waals surface area contributed by atoms with Gasteiger partial charge in [0.2, 0.25) is 0 Å². The van der Waals surface area contributed by atoms with Crippen LogP contribution in [0.25, 0.3) is 10.9 Å². The van der Waals surface area contributed by atoms with Gasteiger partial charge in [0, 0.05) is 17.6 Å². The van der Waals surface area contributed by atoms with Gasteiger partial charge < -0.3 is 23.8 Å². The lowest BCUT2D eigenvalue weighted by Crippen LogP contribution is -2.42. The van der Waals surface area contributed by atoms with E-state index in [4.69, 9.17) is 13.9 Å². The van der Waals surface area contributed by atoms with Gasteiger partial charge in [0.25, 0.3) is 11.5 Å². The number of amides is 1. The third-order valence-corrected chi connectivity index (χ3v) is 6.51. The molecule has 4 aromatic rings. The minimum atomic E-state index is -0.611. The molecule has 0 saturated carbocycles. The van der Waals surface area contributed by atoms with E-state index in [-0.39, 0.29) is 17.2 Å². The van der Waals surface area contributed by atoms with E-state index in [2.05, 4.69) is 18.0 Å². The van der Waals surface area contributed by atoms with Crippen LogP contribution in [0.3, 0.4) is 0 Å². The highest BCUT2D eigenvalue weighted by atomic mass is 16.5. The van der Waals surface area contributed by atoms with Crippen LogP contribution in [0.5, 0.6) is 11.5 Å². The van der Waals surface area contributed by atoms with Gasteiger partial charge in [0.1, 0.15) is 0 Å². The van der Waals surface area contributed by atoms with E-state index in [1.807, 2.05) is 30.3 Å². The number of H-pyrrole nitrogens is 1. The zero-order chi connectivity index (χ0) is 23.8. The zero-order valence-corrected chi connectivity index (χ0v) is 19.4. The maximum atomic E-state index is 13.5. The molecule has 0 aliphatic carbocycles. The van der Waals surface area contributed by atoms with Crippen LogP contribution >= 0.6 is 0 Å². The van der Waals surface area contributed by atoms with Gasteiger partial charge in [-0.1, -0.05) is 13.0 Å². The number of carbonyl (C=O) groups excluding carboxylic acids is 1. The third kappa shape index (κ3) is 3.63. The predicted molar refractivity (Wildman–Crippen MR) is 129 cm³/mol. The van der Waals surface area contributed by atoms with Crippen molar-refractivity contribution in [1.29, 1.82) is 0 Å². The summed E-state index contributed by atoms with van der Waals surface area (Å²) in [6.07, 6.45) is 2.98. The number of aromatic amines is 1. The first kappa shape index (κ1) is 21.8. The van der Waals surface area contributed by atoms with Crippen LogP contribution in [-0.2, 0) is 12.8 Å². The van der Waals surface area contributed by atoms with Gasteiger partial charge in [-0.25, -0.2) is 0 Å². The fourth-order valence-electron chi connectivity index (χ4n) is 4.74. The van der Waals surface area contributed by atoms with Crippen LogP contribution in [0, 0.1) is 0 Å². The molecule has 0 fully saturated rings. The zero-order valence-electron chi connectivity index (χ0n) is 19.4. The van der Waals surface area contributed by atoms with Crippen molar-refractivity contribution in [2.45, 2.75) is 25.8 Å². The number of rotatable bonds is 5. The molecule has 1 atom stereocenters. The Labute approximate surface area is 196 Å². The highest BCUT2D eigenvalue weighted by Gasteiger charge is 2.36. The number of fused-ring (bicyclic) bond motifs is 2. The Morgan fingerprint density at radius 1 is 1.09 bits per heavy atom. The normalized spacial score (nSPS) is 15.3. The van der Waals surface area contributed by atoms with Crippen molar-refractivity contribution in [2.24, 2.45) is 0 Å². The van der Waals surface area contributed by atoms with Crippen molar-refractivity contribution in [2.75, 3.05) is 20.8 Å². The quantitative estimate of drug-likeness (QED) is 0.476. The Kier molecular flexibility index (Phi) is 5.61. The van der Waals surface area contributed by atoms with Gasteiger partial charge in [0.15, 0.2) is 17.3 Å². The fraction of sp³-hybridized carbons (Fsp3) is 0.259. The van der Waals surface area contributed by atoms with Gasteiger partial charge >= 0.3 is 0 Å². The number of nitrogens with zero attached hydrogens (tertiary/aromatic N) is 1. The molecule has 7 nitrogen and oxygen atoms in total. The summed E-state index contributed by atoms with van der Waals surface area (Å²) >= 11 is 0. The van der Waals surface area contributed by atoms with E-state index in [1.54, 1.807) is 31.3 Å². The first-order valence-electron chi connectivity index (χ1n) is 11.3. The average Bonchev–Trinajstić information content (AvgIpc) is 3.41. The second-order valence-electron chi connectivity index (χ2n) is 8.36. The molecule has 1 N–H and O–H groups in total. The molecule has 174 valence electrons. The van der Waals surface area contributed by atoms with Crippen molar-refractivity contribution in [3.63, 3.8) is 0 Å². The number of furan rings is 1. The molecule has 2 aromatic carbocycles. The Morgan fingerprint density at radius 3 is 2.59 bits per heavy atom. The van der Waals surface area contributed by atoms with Crippen LogP contribution in [0.1, 0.15) is 45.8 Å². The summed E-state index contributed by atoms with van der Waals surface area (Å²) in [7, 11) is 3.17. The Balaban J connectivity index is 1.74. The van der Waals surface area contributed by atoms with E-state index >= 15 is 0 Å². The molecule has 1 amide bonds. The Hall–Kier alpha value is -4.00. The van der Waals surface area contributed by atoms with Gasteiger partial charge in [-0.05, 0) is 77.4 Å². The molecule has 2 aromatic heterocycles. The van der Waals surface area contributed by atoms with Gasteiger partial charge in [-0.15, -0.1) is 0 Å². The molecule has 5 rings (SSSR count). The largest absolute Gasteiger partial charge is 0.493 e. The van der Waals surface area contributed by atoms with E-state index in [9.17, 15) is 9.59 Å². The number of hydrogen-bond donors (Lipinski definition) is 1. The number of benzene rings is 2. The minimum Gasteiger partial charge on any atom is -0.493 e. The van der Waals surface area contributed by atoms with Crippen LogP contribution in [0.2, 0.25) is 0 Å². The first-order chi connectivity index (χ1) is 16.5. The van der Waals surface area contributed by atoms with E-state index < -0.39 is 6.04 Å². The van der Waals surface area contributed by atoms with Gasteiger partial charge in [-0.2, -0.15) is 0 Å². The molecule has 0 saturated heterocycles. The SMILES string of the molecule is CCc1ccc2[nH]c(=O)c(C3c4cc(OC)c(OC)cc4CCN3C(=O)c3ccco3)cc2c1. The molecule has 0 bridgehead atoms. The molecular formula is C27H26N2O5. The highest BCUT2D eigenvalue weighted by Crippen LogP contribution is 2.41. The van der Waals surface area contributed by atoms with Crippen molar-refractivity contribution in [3.05, 3.63) is 93.2 Å². The summed E-state index contributed by atoms with van der Waals surface area (Å²) in [4.78, 5) is 31.5. The monoisotopic (exact) mass is 458 g/mol. The third-order valence-electron chi connectivity index (χ3n) is 6.51. The molecule has 7 heteroatoms. The smallest absolute Gasteiger partial charge is 0.290 e. The molecule has 1 aliphatic rings. The minimum absolute atomic E-state index is 0.235. The lowest BCUT2D eigenvalue weighted by Gasteiger charge is -2.37. The summed E-state index contributed by atoms with van der Waals surface area (Å²) in [5.74, 6) is 1.13. The predicted octanol–water partition coefficient (Wildman–Crippen LogP) is 4.49. The fourth-order valence-corrected chi connectivity index (χ4v) is 4.74. The maximum Gasteiger partial charge on any atom is 0.290 e. The molecular weight excluding hydrogens is 432 g/mol. The maximum absolute atomic E-state index is 13.5. The summed E-state index contributed by atoms with van der Waals surface area (Å²) in [5, 5.41) is 0.923. The number of pyridine rings is 1.